The fraction of sp³-hybridized carbons (Fsp3) is 0.0588. The Labute approximate surface area is 163 Å². The van der Waals surface area contributed by atoms with E-state index in [0.717, 1.165) is 15.7 Å². The Kier molecular flexibility index (Phi) is 5.67. The zero-order valence-corrected chi connectivity index (χ0v) is 16.0. The minimum absolute atomic E-state index is 0.258. The third-order valence-corrected chi connectivity index (χ3v) is 4.35. The van der Waals surface area contributed by atoms with Gasteiger partial charge in [-0.05, 0) is 70.1 Å². The van der Waals surface area contributed by atoms with E-state index >= 15 is 0 Å². The van der Waals surface area contributed by atoms with E-state index in [-0.39, 0.29) is 5.82 Å². The SMILES string of the molecule is Fc1ccc(Cn2cc(Br)c(NC(=S)Nc3ccc(Cl)cc3)n2)cc1. The minimum atomic E-state index is -0.258. The van der Waals surface area contributed by atoms with Gasteiger partial charge in [-0.1, -0.05) is 23.7 Å². The quantitative estimate of drug-likeness (QED) is 0.542. The number of rotatable bonds is 4. The number of halogens is 3. The predicted molar refractivity (Wildman–Crippen MR) is 107 cm³/mol. The van der Waals surface area contributed by atoms with Crippen LogP contribution in [0, 0.1) is 5.82 Å². The lowest BCUT2D eigenvalue weighted by Crippen LogP contribution is -2.19. The molecule has 3 rings (SSSR count). The highest BCUT2D eigenvalue weighted by atomic mass is 79.9. The highest BCUT2D eigenvalue weighted by Crippen LogP contribution is 2.21. The van der Waals surface area contributed by atoms with Crippen LogP contribution in [-0.4, -0.2) is 14.9 Å². The Morgan fingerprint density at radius 2 is 1.80 bits per heavy atom. The van der Waals surface area contributed by atoms with Crippen molar-refractivity contribution in [3.05, 3.63) is 75.6 Å². The van der Waals surface area contributed by atoms with E-state index < -0.39 is 0 Å². The summed E-state index contributed by atoms with van der Waals surface area (Å²) in [4.78, 5) is 0. The summed E-state index contributed by atoms with van der Waals surface area (Å²) in [5.74, 6) is 0.333. The van der Waals surface area contributed by atoms with Gasteiger partial charge >= 0.3 is 0 Å². The van der Waals surface area contributed by atoms with E-state index in [1.807, 2.05) is 18.3 Å². The highest BCUT2D eigenvalue weighted by molar-refractivity contribution is 9.10. The Morgan fingerprint density at radius 3 is 2.48 bits per heavy atom. The Bertz CT molecular complexity index is 881. The van der Waals surface area contributed by atoms with Crippen molar-refractivity contribution in [2.75, 3.05) is 10.6 Å². The molecule has 3 aromatic rings. The van der Waals surface area contributed by atoms with Crippen LogP contribution in [0.5, 0.6) is 0 Å². The van der Waals surface area contributed by atoms with Gasteiger partial charge < -0.3 is 10.6 Å². The molecule has 8 heteroatoms. The fourth-order valence-corrected chi connectivity index (χ4v) is 2.90. The first-order valence-electron chi connectivity index (χ1n) is 7.30. The summed E-state index contributed by atoms with van der Waals surface area (Å²) in [5.41, 5.74) is 1.77. The lowest BCUT2D eigenvalue weighted by atomic mass is 10.2. The molecule has 2 aromatic carbocycles. The van der Waals surface area contributed by atoms with Crippen LogP contribution >= 0.6 is 39.7 Å². The van der Waals surface area contributed by atoms with Crippen LogP contribution in [0.4, 0.5) is 15.9 Å². The highest BCUT2D eigenvalue weighted by Gasteiger charge is 2.09. The summed E-state index contributed by atoms with van der Waals surface area (Å²) >= 11 is 14.6. The van der Waals surface area contributed by atoms with E-state index in [4.69, 9.17) is 23.8 Å². The summed E-state index contributed by atoms with van der Waals surface area (Å²) in [6.07, 6.45) is 1.83. The third-order valence-electron chi connectivity index (χ3n) is 3.31. The number of aromatic nitrogens is 2. The van der Waals surface area contributed by atoms with Crippen LogP contribution in [0.15, 0.2) is 59.2 Å². The minimum Gasteiger partial charge on any atom is -0.332 e. The molecule has 0 unspecified atom stereocenters. The summed E-state index contributed by atoms with van der Waals surface area (Å²) in [6, 6.07) is 13.5. The van der Waals surface area contributed by atoms with Crippen LogP contribution in [0.2, 0.25) is 5.02 Å². The van der Waals surface area contributed by atoms with E-state index in [1.54, 1.807) is 28.9 Å². The van der Waals surface area contributed by atoms with Crippen molar-refractivity contribution in [3.8, 4) is 0 Å². The van der Waals surface area contributed by atoms with Crippen molar-refractivity contribution >= 4 is 56.4 Å². The maximum Gasteiger partial charge on any atom is 0.176 e. The van der Waals surface area contributed by atoms with Gasteiger partial charge in [0, 0.05) is 16.9 Å². The summed E-state index contributed by atoms with van der Waals surface area (Å²) in [5, 5.41) is 11.6. The maximum absolute atomic E-state index is 13.0. The number of thiocarbonyl (C=S) groups is 1. The molecular formula is C17H13BrClFN4S. The number of nitrogens with zero attached hydrogens (tertiary/aromatic N) is 2. The molecule has 0 radical (unpaired) electrons. The molecule has 1 aromatic heterocycles. The Balaban J connectivity index is 1.64. The van der Waals surface area contributed by atoms with Crippen molar-refractivity contribution in [2.24, 2.45) is 0 Å². The molecule has 1 heterocycles. The maximum atomic E-state index is 13.0. The number of anilines is 2. The van der Waals surface area contributed by atoms with Gasteiger partial charge in [-0.3, -0.25) is 4.68 Å². The van der Waals surface area contributed by atoms with Crippen molar-refractivity contribution in [2.45, 2.75) is 6.54 Å². The average Bonchev–Trinajstić information content (AvgIpc) is 2.91. The molecular weight excluding hydrogens is 427 g/mol. The predicted octanol–water partition coefficient (Wildman–Crippen LogP) is 5.30. The Hall–Kier alpha value is -1.96. The topological polar surface area (TPSA) is 41.9 Å². The van der Waals surface area contributed by atoms with Crippen LogP contribution in [0.1, 0.15) is 5.56 Å². The molecule has 0 atom stereocenters. The second kappa shape index (κ2) is 7.95. The zero-order valence-electron chi connectivity index (χ0n) is 12.8. The first-order valence-corrected chi connectivity index (χ1v) is 8.88. The normalized spacial score (nSPS) is 10.5. The molecule has 128 valence electrons. The molecule has 25 heavy (non-hydrogen) atoms. The van der Waals surface area contributed by atoms with Crippen LogP contribution < -0.4 is 10.6 Å². The second-order valence-corrected chi connectivity index (χ2v) is 6.93. The molecule has 0 fully saturated rings. The van der Waals surface area contributed by atoms with Crippen molar-refractivity contribution < 1.29 is 4.39 Å². The molecule has 2 N–H and O–H groups in total. The molecule has 0 saturated heterocycles. The van der Waals surface area contributed by atoms with E-state index in [0.29, 0.717) is 22.5 Å². The van der Waals surface area contributed by atoms with Crippen LogP contribution in [0.3, 0.4) is 0 Å². The molecule has 4 nitrogen and oxygen atoms in total. The van der Waals surface area contributed by atoms with Gasteiger partial charge in [0.2, 0.25) is 0 Å². The molecule has 0 aliphatic carbocycles. The molecule has 0 aliphatic rings. The van der Waals surface area contributed by atoms with Gasteiger partial charge in [0.05, 0.1) is 11.0 Å². The summed E-state index contributed by atoms with van der Waals surface area (Å²) in [7, 11) is 0. The largest absolute Gasteiger partial charge is 0.332 e. The standard InChI is InChI=1S/C17H13BrClFN4S/c18-15-10-24(9-11-1-5-13(20)6-2-11)23-16(15)22-17(25)21-14-7-3-12(19)4-8-14/h1-8,10H,9H2,(H2,21,22,23,25). The lowest BCUT2D eigenvalue weighted by molar-refractivity contribution is 0.624. The molecule has 0 amide bonds. The van der Waals surface area contributed by atoms with Gasteiger partial charge in [-0.2, -0.15) is 5.10 Å². The van der Waals surface area contributed by atoms with Crippen molar-refractivity contribution in [3.63, 3.8) is 0 Å². The van der Waals surface area contributed by atoms with Gasteiger partial charge in [0.1, 0.15) is 5.82 Å². The van der Waals surface area contributed by atoms with Gasteiger partial charge in [0.15, 0.2) is 10.9 Å². The van der Waals surface area contributed by atoms with Crippen molar-refractivity contribution in [1.82, 2.24) is 9.78 Å². The lowest BCUT2D eigenvalue weighted by Gasteiger charge is -2.09. The smallest absolute Gasteiger partial charge is 0.176 e. The van der Waals surface area contributed by atoms with Crippen molar-refractivity contribution in [1.29, 1.82) is 0 Å². The van der Waals surface area contributed by atoms with Gasteiger partial charge in [0.25, 0.3) is 0 Å². The summed E-state index contributed by atoms with van der Waals surface area (Å²) in [6.45, 7) is 0.526. The van der Waals surface area contributed by atoms with Crippen LogP contribution in [-0.2, 0) is 6.54 Å². The number of hydrogen-bond acceptors (Lipinski definition) is 2. The number of hydrogen-bond donors (Lipinski definition) is 2. The second-order valence-electron chi connectivity index (χ2n) is 5.24. The first kappa shape index (κ1) is 17.8. The molecule has 0 aliphatic heterocycles. The molecule has 0 saturated carbocycles. The zero-order chi connectivity index (χ0) is 17.8. The fourth-order valence-electron chi connectivity index (χ4n) is 2.14. The average molecular weight is 440 g/mol. The number of benzene rings is 2. The van der Waals surface area contributed by atoms with Gasteiger partial charge in [-0.15, -0.1) is 0 Å². The summed E-state index contributed by atoms with van der Waals surface area (Å²) < 4.78 is 15.5. The van der Waals surface area contributed by atoms with Gasteiger partial charge in [-0.25, -0.2) is 4.39 Å². The third kappa shape index (κ3) is 5.01. The van der Waals surface area contributed by atoms with E-state index in [9.17, 15) is 4.39 Å². The molecule has 0 spiro atoms. The monoisotopic (exact) mass is 438 g/mol. The van der Waals surface area contributed by atoms with E-state index in [2.05, 4.69) is 31.7 Å². The van der Waals surface area contributed by atoms with Crippen LogP contribution in [0.25, 0.3) is 0 Å². The number of nitrogens with one attached hydrogen (secondary N) is 2. The Morgan fingerprint density at radius 1 is 1.12 bits per heavy atom. The van der Waals surface area contributed by atoms with E-state index in [1.165, 1.54) is 12.1 Å². The molecule has 0 bridgehead atoms. The first-order chi connectivity index (χ1) is 12.0.